The fourth-order valence-electron chi connectivity index (χ4n) is 2.74. The number of fused-ring (bicyclic) bond motifs is 1. The summed E-state index contributed by atoms with van der Waals surface area (Å²) < 4.78 is 3.51. The molecule has 0 aliphatic rings. The van der Waals surface area contributed by atoms with Gasteiger partial charge in [-0.15, -0.1) is 0 Å². The highest BCUT2D eigenvalue weighted by atomic mass is 35.5. The van der Waals surface area contributed by atoms with Gasteiger partial charge in [-0.3, -0.25) is 9.48 Å². The second-order valence-corrected chi connectivity index (χ2v) is 6.89. The predicted octanol–water partition coefficient (Wildman–Crippen LogP) is 3.82. The van der Waals surface area contributed by atoms with Gasteiger partial charge >= 0.3 is 0 Å². The van der Waals surface area contributed by atoms with Crippen molar-refractivity contribution < 1.29 is 4.79 Å². The predicted molar refractivity (Wildman–Crippen MR) is 104 cm³/mol. The average molecular weight is 400 g/mol. The third-order valence-electron chi connectivity index (χ3n) is 4.08. The summed E-state index contributed by atoms with van der Waals surface area (Å²) in [6.45, 7) is 0.813. The van der Waals surface area contributed by atoms with Crippen molar-refractivity contribution in [3.8, 4) is 0 Å². The number of hydrogen-bond donors (Lipinski definition) is 1. The van der Waals surface area contributed by atoms with E-state index in [1.54, 1.807) is 23.1 Å². The van der Waals surface area contributed by atoms with Gasteiger partial charge in [-0.05, 0) is 23.8 Å². The Bertz CT molecular complexity index is 1120. The van der Waals surface area contributed by atoms with E-state index in [1.165, 1.54) is 6.20 Å². The molecule has 0 aliphatic heterocycles. The highest BCUT2D eigenvalue weighted by Gasteiger charge is 2.11. The van der Waals surface area contributed by atoms with Gasteiger partial charge in [-0.1, -0.05) is 41.4 Å². The Balaban J connectivity index is 1.41. The van der Waals surface area contributed by atoms with Crippen molar-refractivity contribution in [1.82, 2.24) is 24.5 Å². The number of benzene rings is 1. The third kappa shape index (κ3) is 3.97. The van der Waals surface area contributed by atoms with E-state index in [2.05, 4.69) is 15.4 Å². The van der Waals surface area contributed by atoms with E-state index >= 15 is 0 Å². The van der Waals surface area contributed by atoms with E-state index in [0.717, 1.165) is 16.9 Å². The number of carbonyl (C=O) groups excluding carboxylic acids is 1. The van der Waals surface area contributed by atoms with E-state index in [-0.39, 0.29) is 5.91 Å². The third-order valence-corrected chi connectivity index (χ3v) is 4.67. The minimum Gasteiger partial charge on any atom is -0.346 e. The molecule has 136 valence electrons. The number of pyridine rings is 1. The molecule has 0 atom stereocenters. The summed E-state index contributed by atoms with van der Waals surface area (Å²) in [5.41, 5.74) is 2.94. The number of rotatable bonds is 5. The fourth-order valence-corrected chi connectivity index (χ4v) is 3.11. The molecule has 4 aromatic rings. The number of amides is 1. The zero-order valence-electron chi connectivity index (χ0n) is 14.1. The Labute approximate surface area is 165 Å². The molecule has 3 heterocycles. The lowest BCUT2D eigenvalue weighted by atomic mass is 10.2. The first-order chi connectivity index (χ1) is 13.1. The van der Waals surface area contributed by atoms with Gasteiger partial charge in [0.25, 0.3) is 5.91 Å². The second kappa shape index (κ2) is 7.42. The van der Waals surface area contributed by atoms with E-state index < -0.39 is 0 Å². The van der Waals surface area contributed by atoms with Crippen LogP contribution in [-0.2, 0) is 13.1 Å². The zero-order chi connectivity index (χ0) is 18.8. The van der Waals surface area contributed by atoms with Gasteiger partial charge in [0.2, 0.25) is 0 Å². The minimum absolute atomic E-state index is 0.213. The second-order valence-electron chi connectivity index (χ2n) is 6.05. The van der Waals surface area contributed by atoms with Gasteiger partial charge in [0.05, 0.1) is 35.6 Å². The van der Waals surface area contributed by atoms with Gasteiger partial charge in [0.15, 0.2) is 0 Å². The van der Waals surface area contributed by atoms with E-state index in [0.29, 0.717) is 28.7 Å². The van der Waals surface area contributed by atoms with E-state index in [9.17, 15) is 4.79 Å². The van der Waals surface area contributed by atoms with Crippen LogP contribution in [0.15, 0.2) is 61.2 Å². The molecule has 4 rings (SSSR count). The van der Waals surface area contributed by atoms with Crippen molar-refractivity contribution in [3.63, 3.8) is 0 Å². The van der Waals surface area contributed by atoms with Gasteiger partial charge in [0.1, 0.15) is 5.65 Å². The lowest BCUT2D eigenvalue weighted by Crippen LogP contribution is -2.22. The molecule has 1 aromatic carbocycles. The van der Waals surface area contributed by atoms with Crippen LogP contribution in [0.2, 0.25) is 10.0 Å². The van der Waals surface area contributed by atoms with Gasteiger partial charge in [-0.2, -0.15) is 5.10 Å². The Kier molecular flexibility index (Phi) is 4.83. The molecular weight excluding hydrogens is 385 g/mol. The van der Waals surface area contributed by atoms with Crippen LogP contribution in [0.25, 0.3) is 5.65 Å². The molecule has 0 saturated carbocycles. The van der Waals surface area contributed by atoms with Crippen LogP contribution in [0.5, 0.6) is 0 Å². The monoisotopic (exact) mass is 399 g/mol. The molecule has 27 heavy (non-hydrogen) atoms. The number of halogens is 2. The smallest absolute Gasteiger partial charge is 0.254 e. The quantitative estimate of drug-likeness (QED) is 0.554. The zero-order valence-corrected chi connectivity index (χ0v) is 15.7. The van der Waals surface area contributed by atoms with Crippen molar-refractivity contribution in [1.29, 1.82) is 0 Å². The molecule has 0 fully saturated rings. The Morgan fingerprint density at radius 2 is 1.93 bits per heavy atom. The molecule has 0 radical (unpaired) electrons. The lowest BCUT2D eigenvalue weighted by molar-refractivity contribution is 0.0950. The highest BCUT2D eigenvalue weighted by Crippen LogP contribution is 2.16. The van der Waals surface area contributed by atoms with E-state index in [4.69, 9.17) is 23.2 Å². The maximum absolute atomic E-state index is 12.4. The Morgan fingerprint density at radius 1 is 1.07 bits per heavy atom. The van der Waals surface area contributed by atoms with Crippen LogP contribution >= 0.6 is 23.2 Å². The molecule has 0 saturated heterocycles. The van der Waals surface area contributed by atoms with E-state index in [1.807, 2.05) is 40.9 Å². The van der Waals surface area contributed by atoms with Crippen molar-refractivity contribution in [2.75, 3.05) is 0 Å². The maximum atomic E-state index is 12.4. The topological polar surface area (TPSA) is 64.2 Å². The number of aromatic nitrogens is 4. The summed E-state index contributed by atoms with van der Waals surface area (Å²) in [5, 5.41) is 8.39. The molecule has 0 aliphatic carbocycles. The molecular formula is C19H15Cl2N5O. The molecule has 1 N–H and O–H groups in total. The SMILES string of the molecule is O=C(NCc1cn2cc(Cl)ccc2n1)c1cnn(Cc2ccccc2Cl)c1. The summed E-state index contributed by atoms with van der Waals surface area (Å²) in [4.78, 5) is 16.8. The number of imidazole rings is 1. The highest BCUT2D eigenvalue weighted by molar-refractivity contribution is 6.31. The largest absolute Gasteiger partial charge is 0.346 e. The van der Waals surface area contributed by atoms with Crippen molar-refractivity contribution in [2.45, 2.75) is 13.1 Å². The first kappa shape index (κ1) is 17.6. The number of hydrogen-bond acceptors (Lipinski definition) is 3. The average Bonchev–Trinajstić information content (AvgIpc) is 3.28. The summed E-state index contributed by atoms with van der Waals surface area (Å²) in [6.07, 6.45) is 6.84. The van der Waals surface area contributed by atoms with Gasteiger partial charge in [-0.25, -0.2) is 4.98 Å². The summed E-state index contributed by atoms with van der Waals surface area (Å²) in [6, 6.07) is 11.2. The van der Waals surface area contributed by atoms with Crippen molar-refractivity contribution >= 4 is 34.8 Å². The molecule has 6 nitrogen and oxygen atoms in total. The molecule has 0 unspecified atom stereocenters. The van der Waals surface area contributed by atoms with Crippen molar-refractivity contribution in [3.05, 3.63) is 88.1 Å². The summed E-state index contributed by atoms with van der Waals surface area (Å²) >= 11 is 12.1. The summed E-state index contributed by atoms with van der Waals surface area (Å²) in [5.74, 6) is -0.213. The molecule has 0 bridgehead atoms. The number of carbonyl (C=O) groups is 1. The molecule has 3 aromatic heterocycles. The van der Waals surface area contributed by atoms with Crippen LogP contribution in [0.4, 0.5) is 0 Å². The first-order valence-electron chi connectivity index (χ1n) is 8.26. The van der Waals surface area contributed by atoms with Crippen LogP contribution in [-0.4, -0.2) is 25.1 Å². The Hall–Kier alpha value is -2.83. The van der Waals surface area contributed by atoms with Gasteiger partial charge < -0.3 is 9.72 Å². The summed E-state index contributed by atoms with van der Waals surface area (Å²) in [7, 11) is 0. The fraction of sp³-hybridized carbons (Fsp3) is 0.105. The molecule has 1 amide bonds. The maximum Gasteiger partial charge on any atom is 0.254 e. The molecule has 0 spiro atoms. The normalized spacial score (nSPS) is 11.0. The molecule has 8 heteroatoms. The minimum atomic E-state index is -0.213. The number of nitrogens with one attached hydrogen (secondary N) is 1. The lowest BCUT2D eigenvalue weighted by Gasteiger charge is -2.04. The van der Waals surface area contributed by atoms with Crippen LogP contribution in [0.1, 0.15) is 21.6 Å². The van der Waals surface area contributed by atoms with Crippen LogP contribution in [0, 0.1) is 0 Å². The number of nitrogens with zero attached hydrogens (tertiary/aromatic N) is 4. The first-order valence-corrected chi connectivity index (χ1v) is 9.01. The standard InChI is InChI=1S/C19H15Cl2N5O/c20-15-5-6-18-24-16(12-25(18)11-15)8-22-19(27)14-7-23-26(10-14)9-13-3-1-2-4-17(13)21/h1-7,10-12H,8-9H2,(H,22,27). The Morgan fingerprint density at radius 3 is 2.78 bits per heavy atom. The van der Waals surface area contributed by atoms with Crippen molar-refractivity contribution in [2.24, 2.45) is 0 Å². The van der Waals surface area contributed by atoms with Gasteiger partial charge in [0, 0.05) is 23.6 Å². The van der Waals surface area contributed by atoms with Crippen LogP contribution in [0.3, 0.4) is 0 Å². The van der Waals surface area contributed by atoms with Crippen LogP contribution < -0.4 is 5.32 Å².